The summed E-state index contributed by atoms with van der Waals surface area (Å²) in [6.07, 6.45) is 1.49. The summed E-state index contributed by atoms with van der Waals surface area (Å²) >= 11 is 0. The number of piperidine rings is 1. The standard InChI is InChI=1S/C20H21N3O2/c1-15-2-6-18(7-3-15)25-19-8-4-17(5-9-19)22-20(24)23-12-10-16(14-21)11-13-23/h2-9,16H,10-13H2,1H3,(H,22,24). The minimum absolute atomic E-state index is 0.0715. The van der Waals surface area contributed by atoms with Gasteiger partial charge >= 0.3 is 6.03 Å². The average Bonchev–Trinajstić information content (AvgIpc) is 2.65. The Bertz CT molecular complexity index is 755. The topological polar surface area (TPSA) is 65.4 Å². The summed E-state index contributed by atoms with van der Waals surface area (Å²) in [4.78, 5) is 14.0. The fourth-order valence-electron chi connectivity index (χ4n) is 2.76. The molecule has 1 heterocycles. The number of urea groups is 1. The maximum atomic E-state index is 12.3. The fourth-order valence-corrected chi connectivity index (χ4v) is 2.76. The Morgan fingerprint density at radius 2 is 1.64 bits per heavy atom. The van der Waals surface area contributed by atoms with Crippen molar-refractivity contribution in [1.29, 1.82) is 5.26 Å². The van der Waals surface area contributed by atoms with E-state index in [1.165, 1.54) is 5.56 Å². The van der Waals surface area contributed by atoms with E-state index in [1.807, 2.05) is 55.5 Å². The van der Waals surface area contributed by atoms with Gasteiger partial charge in [-0.05, 0) is 56.2 Å². The zero-order valence-corrected chi connectivity index (χ0v) is 14.2. The van der Waals surface area contributed by atoms with Crippen LogP contribution in [0, 0.1) is 24.2 Å². The van der Waals surface area contributed by atoms with Gasteiger partial charge in [-0.3, -0.25) is 0 Å². The predicted molar refractivity (Wildman–Crippen MR) is 96.6 cm³/mol. The lowest BCUT2D eigenvalue weighted by molar-refractivity contribution is 0.192. The molecule has 1 saturated heterocycles. The monoisotopic (exact) mass is 335 g/mol. The van der Waals surface area contributed by atoms with Gasteiger partial charge in [0.1, 0.15) is 11.5 Å². The van der Waals surface area contributed by atoms with Gasteiger partial charge in [-0.15, -0.1) is 0 Å². The molecule has 0 aromatic heterocycles. The molecule has 1 aliphatic rings. The molecule has 2 aromatic rings. The van der Waals surface area contributed by atoms with Gasteiger partial charge in [-0.1, -0.05) is 17.7 Å². The quantitative estimate of drug-likeness (QED) is 0.894. The van der Waals surface area contributed by atoms with E-state index < -0.39 is 0 Å². The third-order valence-electron chi connectivity index (χ3n) is 4.33. The van der Waals surface area contributed by atoms with Crippen molar-refractivity contribution in [3.63, 3.8) is 0 Å². The van der Waals surface area contributed by atoms with Crippen molar-refractivity contribution in [3.05, 3.63) is 54.1 Å². The Morgan fingerprint density at radius 3 is 2.20 bits per heavy atom. The van der Waals surface area contributed by atoms with Crippen LogP contribution < -0.4 is 10.1 Å². The molecule has 2 amide bonds. The van der Waals surface area contributed by atoms with Gasteiger partial charge < -0.3 is 15.0 Å². The molecular formula is C20H21N3O2. The first-order chi connectivity index (χ1) is 12.1. The second-order valence-electron chi connectivity index (χ2n) is 6.26. The van der Waals surface area contributed by atoms with E-state index in [4.69, 9.17) is 10.00 Å². The second-order valence-corrected chi connectivity index (χ2v) is 6.26. The summed E-state index contributed by atoms with van der Waals surface area (Å²) in [5.41, 5.74) is 1.91. The van der Waals surface area contributed by atoms with E-state index in [0.717, 1.165) is 30.0 Å². The number of hydrogen-bond acceptors (Lipinski definition) is 3. The van der Waals surface area contributed by atoms with Crippen LogP contribution in [0.1, 0.15) is 18.4 Å². The highest BCUT2D eigenvalue weighted by atomic mass is 16.5. The predicted octanol–water partition coefficient (Wildman–Crippen LogP) is 4.55. The van der Waals surface area contributed by atoms with Crippen molar-refractivity contribution in [3.8, 4) is 17.6 Å². The summed E-state index contributed by atoms with van der Waals surface area (Å²) in [5, 5.41) is 11.8. The molecule has 25 heavy (non-hydrogen) atoms. The lowest BCUT2D eigenvalue weighted by Gasteiger charge is -2.29. The molecular weight excluding hydrogens is 314 g/mol. The highest BCUT2D eigenvalue weighted by Crippen LogP contribution is 2.24. The molecule has 0 aliphatic carbocycles. The number of carbonyl (C=O) groups excluding carboxylic acids is 1. The molecule has 0 unspecified atom stereocenters. The van der Waals surface area contributed by atoms with Crippen LogP contribution in [0.15, 0.2) is 48.5 Å². The first-order valence-electron chi connectivity index (χ1n) is 8.44. The molecule has 0 atom stereocenters. The third-order valence-corrected chi connectivity index (χ3v) is 4.33. The Balaban J connectivity index is 1.54. The van der Waals surface area contributed by atoms with Gasteiger partial charge in [0.15, 0.2) is 0 Å². The van der Waals surface area contributed by atoms with Crippen molar-refractivity contribution < 1.29 is 9.53 Å². The van der Waals surface area contributed by atoms with Crippen molar-refractivity contribution in [1.82, 2.24) is 4.90 Å². The molecule has 1 N–H and O–H groups in total. The molecule has 128 valence electrons. The number of aryl methyl sites for hydroxylation is 1. The van der Waals surface area contributed by atoms with E-state index in [1.54, 1.807) is 4.90 Å². The van der Waals surface area contributed by atoms with Gasteiger partial charge in [0.25, 0.3) is 0 Å². The smallest absolute Gasteiger partial charge is 0.321 e. The normalized spacial score (nSPS) is 14.6. The van der Waals surface area contributed by atoms with Gasteiger partial charge in [-0.25, -0.2) is 4.79 Å². The molecule has 2 aromatic carbocycles. The molecule has 3 rings (SSSR count). The lowest BCUT2D eigenvalue weighted by atomic mass is 9.99. The SMILES string of the molecule is Cc1ccc(Oc2ccc(NC(=O)N3CCC(C#N)CC3)cc2)cc1. The van der Waals surface area contributed by atoms with Gasteiger partial charge in [-0.2, -0.15) is 5.26 Å². The maximum absolute atomic E-state index is 12.3. The van der Waals surface area contributed by atoms with Crippen LogP contribution in [0.25, 0.3) is 0 Å². The number of anilines is 1. The number of nitrogens with zero attached hydrogens (tertiary/aromatic N) is 2. The Hall–Kier alpha value is -3.00. The van der Waals surface area contributed by atoms with E-state index in [-0.39, 0.29) is 11.9 Å². The number of rotatable bonds is 3. The van der Waals surface area contributed by atoms with Crippen LogP contribution in [-0.2, 0) is 0 Å². The van der Waals surface area contributed by atoms with E-state index >= 15 is 0 Å². The minimum Gasteiger partial charge on any atom is -0.457 e. The molecule has 1 aliphatic heterocycles. The Kier molecular flexibility index (Phi) is 5.20. The summed E-state index contributed by atoms with van der Waals surface area (Å²) in [6, 6.07) is 17.3. The van der Waals surface area contributed by atoms with Crippen molar-refractivity contribution in [2.24, 2.45) is 5.92 Å². The Morgan fingerprint density at radius 1 is 1.08 bits per heavy atom. The Labute approximate surface area is 147 Å². The summed E-state index contributed by atoms with van der Waals surface area (Å²) in [7, 11) is 0. The van der Waals surface area contributed by atoms with Crippen LogP contribution in [0.2, 0.25) is 0 Å². The summed E-state index contributed by atoms with van der Waals surface area (Å²) in [5.74, 6) is 1.57. The minimum atomic E-state index is -0.122. The lowest BCUT2D eigenvalue weighted by Crippen LogP contribution is -2.40. The van der Waals surface area contributed by atoms with Gasteiger partial charge in [0.2, 0.25) is 0 Å². The van der Waals surface area contributed by atoms with Gasteiger partial charge in [0, 0.05) is 24.7 Å². The zero-order valence-electron chi connectivity index (χ0n) is 14.2. The highest BCUT2D eigenvalue weighted by Gasteiger charge is 2.22. The molecule has 0 radical (unpaired) electrons. The maximum Gasteiger partial charge on any atom is 0.321 e. The molecule has 5 heteroatoms. The number of amides is 2. The number of ether oxygens (including phenoxy) is 1. The average molecular weight is 335 g/mol. The molecule has 0 spiro atoms. The van der Waals surface area contributed by atoms with E-state index in [0.29, 0.717) is 13.1 Å². The number of nitrogens with one attached hydrogen (secondary N) is 1. The van der Waals surface area contributed by atoms with Crippen LogP contribution in [0.4, 0.5) is 10.5 Å². The summed E-state index contributed by atoms with van der Waals surface area (Å²) < 4.78 is 5.78. The highest BCUT2D eigenvalue weighted by molar-refractivity contribution is 5.89. The van der Waals surface area contributed by atoms with Crippen molar-refractivity contribution >= 4 is 11.7 Å². The fraction of sp³-hybridized carbons (Fsp3) is 0.300. The third kappa shape index (κ3) is 4.51. The molecule has 0 bridgehead atoms. The van der Waals surface area contributed by atoms with Crippen LogP contribution in [0.5, 0.6) is 11.5 Å². The van der Waals surface area contributed by atoms with Crippen LogP contribution in [0.3, 0.4) is 0 Å². The second kappa shape index (κ2) is 7.71. The number of likely N-dealkylation sites (tertiary alicyclic amines) is 1. The molecule has 5 nitrogen and oxygen atoms in total. The van der Waals surface area contributed by atoms with Gasteiger partial charge in [0.05, 0.1) is 6.07 Å². The number of carbonyl (C=O) groups is 1. The van der Waals surface area contributed by atoms with Crippen LogP contribution >= 0.6 is 0 Å². The van der Waals surface area contributed by atoms with Crippen LogP contribution in [-0.4, -0.2) is 24.0 Å². The largest absolute Gasteiger partial charge is 0.457 e. The first kappa shape index (κ1) is 16.8. The van der Waals surface area contributed by atoms with E-state index in [2.05, 4.69) is 11.4 Å². The number of hydrogen-bond donors (Lipinski definition) is 1. The first-order valence-corrected chi connectivity index (χ1v) is 8.44. The van der Waals surface area contributed by atoms with E-state index in [9.17, 15) is 4.79 Å². The molecule has 0 saturated carbocycles. The zero-order chi connectivity index (χ0) is 17.6. The molecule has 1 fully saturated rings. The van der Waals surface area contributed by atoms with Crippen molar-refractivity contribution in [2.75, 3.05) is 18.4 Å². The van der Waals surface area contributed by atoms with Crippen molar-refractivity contribution in [2.45, 2.75) is 19.8 Å². The number of benzene rings is 2. The number of nitriles is 1. The summed E-state index contributed by atoms with van der Waals surface area (Å²) in [6.45, 7) is 3.28.